The molecule has 0 spiro atoms. The summed E-state index contributed by atoms with van der Waals surface area (Å²) in [7, 11) is 0. The fourth-order valence-electron chi connectivity index (χ4n) is 6.29. The van der Waals surface area contributed by atoms with Gasteiger partial charge in [0.25, 0.3) is 0 Å². The second-order valence-corrected chi connectivity index (χ2v) is 10.2. The quantitative estimate of drug-likeness (QED) is 0.518. The zero-order chi connectivity index (χ0) is 26.5. The predicted molar refractivity (Wildman–Crippen MR) is 125 cm³/mol. The third kappa shape index (κ3) is 4.27. The number of likely N-dealkylation sites (tertiary alicyclic amines) is 1. The van der Waals surface area contributed by atoms with E-state index in [2.05, 4.69) is 5.32 Å². The fraction of sp³-hybridized carbons (Fsp3) is 0.444. The summed E-state index contributed by atoms with van der Waals surface area (Å²) in [5.41, 5.74) is -2.26. The maximum absolute atomic E-state index is 13.8. The summed E-state index contributed by atoms with van der Waals surface area (Å²) in [5, 5.41) is 23.1. The smallest absolute Gasteiger partial charge is 0.416 e. The number of benzene rings is 2. The first kappa shape index (κ1) is 25.3. The second-order valence-electron chi connectivity index (χ2n) is 10.2. The van der Waals surface area contributed by atoms with Crippen LogP contribution in [0.3, 0.4) is 0 Å². The van der Waals surface area contributed by atoms with Crippen molar-refractivity contribution in [3.8, 4) is 5.75 Å². The number of amides is 2. The lowest BCUT2D eigenvalue weighted by Gasteiger charge is -2.34. The van der Waals surface area contributed by atoms with E-state index in [0.717, 1.165) is 31.4 Å². The molecule has 10 heteroatoms. The van der Waals surface area contributed by atoms with Gasteiger partial charge in [-0.3, -0.25) is 24.6 Å². The van der Waals surface area contributed by atoms with Crippen LogP contribution in [0.1, 0.15) is 54.8 Å². The number of hydrogen-bond donors (Lipinski definition) is 3. The van der Waals surface area contributed by atoms with Crippen LogP contribution in [0.4, 0.5) is 13.2 Å². The van der Waals surface area contributed by atoms with E-state index in [4.69, 9.17) is 0 Å². The molecule has 2 amide bonds. The summed E-state index contributed by atoms with van der Waals surface area (Å²) in [6, 6.07) is 8.82. The number of alkyl halides is 3. The van der Waals surface area contributed by atoms with Gasteiger partial charge in [-0.2, -0.15) is 13.2 Å². The number of carboxylic acids is 1. The van der Waals surface area contributed by atoms with Crippen LogP contribution in [-0.2, 0) is 27.0 Å². The van der Waals surface area contributed by atoms with Gasteiger partial charge in [0.1, 0.15) is 11.3 Å². The molecule has 2 aliphatic heterocycles. The first-order valence-corrected chi connectivity index (χ1v) is 12.4. The minimum Gasteiger partial charge on any atom is -0.508 e. The molecule has 0 aromatic heterocycles. The van der Waals surface area contributed by atoms with E-state index in [9.17, 15) is 37.8 Å². The summed E-state index contributed by atoms with van der Waals surface area (Å²) >= 11 is 0. The highest BCUT2D eigenvalue weighted by Crippen LogP contribution is 2.51. The molecule has 2 aromatic carbocycles. The molecule has 4 unspecified atom stereocenters. The molecule has 196 valence electrons. The zero-order valence-electron chi connectivity index (χ0n) is 19.9. The van der Waals surface area contributed by atoms with Crippen molar-refractivity contribution in [2.24, 2.45) is 11.8 Å². The number of phenols is 1. The van der Waals surface area contributed by atoms with E-state index >= 15 is 0 Å². The van der Waals surface area contributed by atoms with E-state index in [-0.39, 0.29) is 23.8 Å². The number of phenolic OH excluding ortho intramolecular Hbond substituents is 1. The molecule has 2 saturated heterocycles. The van der Waals surface area contributed by atoms with E-state index in [1.807, 2.05) is 0 Å². The van der Waals surface area contributed by atoms with Gasteiger partial charge in [-0.25, -0.2) is 0 Å². The van der Waals surface area contributed by atoms with Crippen LogP contribution >= 0.6 is 0 Å². The van der Waals surface area contributed by atoms with Gasteiger partial charge >= 0.3 is 12.1 Å². The fourth-order valence-corrected chi connectivity index (χ4v) is 6.29. The lowest BCUT2D eigenvalue weighted by molar-refractivity contribution is -0.152. The number of aromatic hydroxyl groups is 1. The highest BCUT2D eigenvalue weighted by atomic mass is 19.4. The lowest BCUT2D eigenvalue weighted by Crippen LogP contribution is -2.58. The van der Waals surface area contributed by atoms with Crippen LogP contribution in [0.5, 0.6) is 5.75 Å². The number of hydrogen-bond acceptors (Lipinski definition) is 5. The maximum Gasteiger partial charge on any atom is 0.416 e. The highest BCUT2D eigenvalue weighted by molar-refractivity contribution is 6.09. The van der Waals surface area contributed by atoms with Crippen LogP contribution in [0.25, 0.3) is 0 Å². The molecule has 2 aromatic rings. The predicted octanol–water partition coefficient (Wildman–Crippen LogP) is 4.06. The highest BCUT2D eigenvalue weighted by Gasteiger charge is 2.69. The Morgan fingerprint density at radius 3 is 2.32 bits per heavy atom. The Hall–Kier alpha value is -3.40. The van der Waals surface area contributed by atoms with Crippen LogP contribution in [0, 0.1) is 11.8 Å². The number of fused-ring (bicyclic) bond motifs is 1. The van der Waals surface area contributed by atoms with Crippen molar-refractivity contribution in [3.63, 3.8) is 0 Å². The third-order valence-corrected chi connectivity index (χ3v) is 8.00. The van der Waals surface area contributed by atoms with Gasteiger partial charge in [0, 0.05) is 18.5 Å². The minimum absolute atomic E-state index is 0.0252. The van der Waals surface area contributed by atoms with Gasteiger partial charge in [0.05, 0.1) is 17.4 Å². The number of imide groups is 1. The first-order chi connectivity index (χ1) is 17.5. The van der Waals surface area contributed by atoms with E-state index in [1.54, 1.807) is 0 Å². The molecular weight excluding hydrogens is 489 g/mol. The van der Waals surface area contributed by atoms with E-state index in [1.165, 1.54) is 41.3 Å². The van der Waals surface area contributed by atoms with E-state index < -0.39 is 52.9 Å². The van der Waals surface area contributed by atoms with Crippen molar-refractivity contribution in [2.75, 3.05) is 0 Å². The summed E-state index contributed by atoms with van der Waals surface area (Å²) < 4.78 is 40.5. The summed E-state index contributed by atoms with van der Waals surface area (Å²) in [5.74, 6) is -4.98. The Morgan fingerprint density at radius 2 is 1.70 bits per heavy atom. The maximum atomic E-state index is 13.8. The molecule has 0 radical (unpaired) electrons. The number of rotatable bonds is 5. The molecular formula is C27H27F3N2O5. The molecule has 3 fully saturated rings. The Balaban J connectivity index is 1.62. The number of aliphatic carboxylic acids is 1. The van der Waals surface area contributed by atoms with Gasteiger partial charge in [-0.15, -0.1) is 0 Å². The number of nitrogens with one attached hydrogen (secondary N) is 1. The normalized spacial score (nSPS) is 28.5. The topological polar surface area (TPSA) is 107 Å². The molecule has 5 rings (SSSR count). The standard InChI is InChI=1S/C27H27F3N2O5/c28-27(29,30)17-6-4-5-16(13-17)22-20-21(24(35)32(23(20)34)18-7-2-1-3-8-18)26(31-22,25(36)37)14-15-9-11-19(33)12-10-15/h4-6,9-13,18,20-22,31,33H,1-3,7-8,14H2,(H,36,37). The van der Waals surface area contributed by atoms with Gasteiger partial charge in [-0.1, -0.05) is 43.5 Å². The number of nitrogens with zero attached hydrogens (tertiary/aromatic N) is 1. The molecule has 1 saturated carbocycles. The average Bonchev–Trinajstić information content (AvgIpc) is 3.35. The van der Waals surface area contributed by atoms with Crippen molar-refractivity contribution in [1.82, 2.24) is 10.2 Å². The van der Waals surface area contributed by atoms with Crippen LogP contribution < -0.4 is 5.32 Å². The zero-order valence-corrected chi connectivity index (χ0v) is 19.9. The first-order valence-electron chi connectivity index (χ1n) is 12.4. The molecule has 4 atom stereocenters. The van der Waals surface area contributed by atoms with Crippen molar-refractivity contribution in [1.29, 1.82) is 0 Å². The van der Waals surface area contributed by atoms with Gasteiger partial charge in [0.2, 0.25) is 11.8 Å². The Labute approximate surface area is 211 Å². The minimum atomic E-state index is -4.63. The van der Waals surface area contributed by atoms with Gasteiger partial charge in [-0.05, 0) is 48.2 Å². The number of carbonyl (C=O) groups is 3. The van der Waals surface area contributed by atoms with Crippen LogP contribution in [0.15, 0.2) is 48.5 Å². The van der Waals surface area contributed by atoms with Crippen molar-refractivity contribution >= 4 is 17.8 Å². The molecule has 0 bridgehead atoms. The molecule has 3 aliphatic rings. The second kappa shape index (κ2) is 9.16. The number of carbonyl (C=O) groups excluding carboxylic acids is 2. The largest absolute Gasteiger partial charge is 0.508 e. The lowest BCUT2D eigenvalue weighted by atomic mass is 9.76. The van der Waals surface area contributed by atoms with Crippen LogP contribution in [0.2, 0.25) is 0 Å². The Morgan fingerprint density at radius 1 is 1.03 bits per heavy atom. The molecule has 3 N–H and O–H groups in total. The van der Waals surface area contributed by atoms with Crippen LogP contribution in [-0.4, -0.2) is 44.5 Å². The SMILES string of the molecule is O=C1C2C(c3cccc(C(F)(F)F)c3)NC(Cc3ccc(O)cc3)(C(=O)O)C2C(=O)N1C1CCCCC1. The summed E-state index contributed by atoms with van der Waals surface area (Å²) in [4.78, 5) is 41.7. The average molecular weight is 517 g/mol. The molecule has 7 nitrogen and oxygen atoms in total. The molecule has 37 heavy (non-hydrogen) atoms. The number of carboxylic acid groups (broad SMARTS) is 1. The van der Waals surface area contributed by atoms with Gasteiger partial charge < -0.3 is 10.2 Å². The monoisotopic (exact) mass is 516 g/mol. The summed E-state index contributed by atoms with van der Waals surface area (Å²) in [6.45, 7) is 0. The third-order valence-electron chi connectivity index (χ3n) is 8.00. The van der Waals surface area contributed by atoms with Crippen molar-refractivity contribution in [3.05, 3.63) is 65.2 Å². The van der Waals surface area contributed by atoms with Crippen molar-refractivity contribution in [2.45, 2.75) is 62.3 Å². The van der Waals surface area contributed by atoms with Crippen molar-refractivity contribution < 1.29 is 37.8 Å². The summed E-state index contributed by atoms with van der Waals surface area (Å²) in [6.07, 6.45) is -0.931. The number of halogens is 3. The van der Waals surface area contributed by atoms with Gasteiger partial charge in [0.15, 0.2) is 0 Å². The molecule has 2 heterocycles. The molecule has 1 aliphatic carbocycles. The Bertz CT molecular complexity index is 1230. The Kier molecular flexibility index (Phi) is 6.26. The van der Waals surface area contributed by atoms with E-state index in [0.29, 0.717) is 18.4 Å².